The van der Waals surface area contributed by atoms with Crippen molar-refractivity contribution in [3.05, 3.63) is 35.4 Å². The van der Waals surface area contributed by atoms with Gasteiger partial charge in [0.25, 0.3) is 5.91 Å². The van der Waals surface area contributed by atoms with Crippen LogP contribution in [0.3, 0.4) is 0 Å². The molecule has 0 saturated heterocycles. The Balaban J connectivity index is 1.97. The Morgan fingerprint density at radius 3 is 2.89 bits per heavy atom. The number of amides is 1. The molecule has 2 rings (SSSR count). The molecule has 0 N–H and O–H groups in total. The van der Waals surface area contributed by atoms with Gasteiger partial charge in [-0.05, 0) is 24.0 Å². The second kappa shape index (κ2) is 5.70. The minimum atomic E-state index is -0.153. The smallest absolute Gasteiger partial charge is 0.298 e. The number of hydrogen-bond donors (Lipinski definition) is 0. The molecule has 0 bridgehead atoms. The summed E-state index contributed by atoms with van der Waals surface area (Å²) in [5.74, 6) is 5.00. The zero-order valence-electron chi connectivity index (χ0n) is 10.8. The van der Waals surface area contributed by atoms with Gasteiger partial charge in [-0.3, -0.25) is 4.79 Å². The van der Waals surface area contributed by atoms with Gasteiger partial charge in [0.05, 0.1) is 12.7 Å². The molecular formula is C15H17NO2. The number of hydrogen-bond acceptors (Lipinski definition) is 2. The summed E-state index contributed by atoms with van der Waals surface area (Å²) in [6.07, 6.45) is 0.917. The lowest BCUT2D eigenvalue weighted by Gasteiger charge is -2.28. The van der Waals surface area contributed by atoms with Crippen molar-refractivity contribution in [2.75, 3.05) is 13.6 Å². The molecule has 18 heavy (non-hydrogen) atoms. The van der Waals surface area contributed by atoms with E-state index in [2.05, 4.69) is 24.0 Å². The predicted molar refractivity (Wildman–Crippen MR) is 69.8 cm³/mol. The highest BCUT2D eigenvalue weighted by atomic mass is 16.5. The average molecular weight is 243 g/mol. The molecule has 1 unspecified atom stereocenters. The van der Waals surface area contributed by atoms with Crippen LogP contribution in [0.1, 0.15) is 18.1 Å². The maximum Gasteiger partial charge on any atom is 0.298 e. The number of nitrogens with zero attached hydrogens (tertiary/aromatic N) is 1. The highest BCUT2D eigenvalue weighted by molar-refractivity contribution is 5.93. The number of benzene rings is 1. The molecule has 3 nitrogen and oxygen atoms in total. The lowest BCUT2D eigenvalue weighted by molar-refractivity contribution is -0.126. The molecule has 0 fully saturated rings. The molecule has 1 aromatic rings. The minimum absolute atomic E-state index is 0.0625. The summed E-state index contributed by atoms with van der Waals surface area (Å²) >= 11 is 0. The zero-order chi connectivity index (χ0) is 13.0. The van der Waals surface area contributed by atoms with Gasteiger partial charge in [0.15, 0.2) is 0 Å². The van der Waals surface area contributed by atoms with E-state index in [0.29, 0.717) is 13.2 Å². The van der Waals surface area contributed by atoms with Crippen molar-refractivity contribution >= 4 is 5.91 Å². The van der Waals surface area contributed by atoms with E-state index in [4.69, 9.17) is 4.74 Å². The van der Waals surface area contributed by atoms with Crippen LogP contribution in [0, 0.1) is 11.8 Å². The third kappa shape index (κ3) is 2.91. The topological polar surface area (TPSA) is 29.5 Å². The Labute approximate surface area is 108 Å². The SMILES string of the molecule is CC#CC(=O)N(C)CC1Cc2ccccc2CO1. The third-order valence-corrected chi connectivity index (χ3v) is 3.10. The second-order valence-corrected chi connectivity index (χ2v) is 4.47. The van der Waals surface area contributed by atoms with Crippen molar-refractivity contribution in [1.29, 1.82) is 0 Å². The van der Waals surface area contributed by atoms with Crippen LogP contribution < -0.4 is 0 Å². The zero-order valence-corrected chi connectivity index (χ0v) is 10.8. The first-order valence-electron chi connectivity index (χ1n) is 6.07. The van der Waals surface area contributed by atoms with Gasteiger partial charge in [0.1, 0.15) is 0 Å². The summed E-state index contributed by atoms with van der Waals surface area (Å²) in [5, 5.41) is 0. The van der Waals surface area contributed by atoms with Crippen LogP contribution in [-0.4, -0.2) is 30.5 Å². The second-order valence-electron chi connectivity index (χ2n) is 4.47. The molecule has 1 heterocycles. The lowest BCUT2D eigenvalue weighted by Crippen LogP contribution is -2.37. The Kier molecular flexibility index (Phi) is 4.01. The lowest BCUT2D eigenvalue weighted by atomic mass is 9.99. The van der Waals surface area contributed by atoms with Gasteiger partial charge in [0.2, 0.25) is 0 Å². The van der Waals surface area contributed by atoms with Gasteiger partial charge >= 0.3 is 0 Å². The number of ether oxygens (including phenoxy) is 1. The Bertz CT molecular complexity index is 499. The van der Waals surface area contributed by atoms with Crippen LogP contribution in [0.25, 0.3) is 0 Å². The van der Waals surface area contributed by atoms with Gasteiger partial charge < -0.3 is 9.64 Å². The van der Waals surface area contributed by atoms with Crippen LogP contribution in [0.4, 0.5) is 0 Å². The monoisotopic (exact) mass is 243 g/mol. The first-order valence-corrected chi connectivity index (χ1v) is 6.07. The van der Waals surface area contributed by atoms with Crippen molar-refractivity contribution in [2.24, 2.45) is 0 Å². The number of carbonyl (C=O) groups is 1. The molecule has 0 radical (unpaired) electrons. The molecule has 1 atom stereocenters. The summed E-state index contributed by atoms with van der Waals surface area (Å²) < 4.78 is 5.76. The number of fused-ring (bicyclic) bond motifs is 1. The summed E-state index contributed by atoms with van der Waals surface area (Å²) in [6, 6.07) is 8.27. The van der Waals surface area contributed by atoms with Crippen LogP contribution in [-0.2, 0) is 22.6 Å². The molecule has 0 saturated carbocycles. The van der Waals surface area contributed by atoms with Crippen LogP contribution in [0.2, 0.25) is 0 Å². The number of carbonyl (C=O) groups excluding carboxylic acids is 1. The van der Waals surface area contributed by atoms with E-state index < -0.39 is 0 Å². The summed E-state index contributed by atoms with van der Waals surface area (Å²) in [5.41, 5.74) is 2.56. The van der Waals surface area contributed by atoms with Gasteiger partial charge in [-0.2, -0.15) is 0 Å². The largest absolute Gasteiger partial charge is 0.371 e. The molecule has 0 aromatic heterocycles. The van der Waals surface area contributed by atoms with Crippen LogP contribution in [0.5, 0.6) is 0 Å². The fraction of sp³-hybridized carbons (Fsp3) is 0.400. The maximum atomic E-state index is 11.6. The highest BCUT2D eigenvalue weighted by Gasteiger charge is 2.21. The molecular weight excluding hydrogens is 226 g/mol. The van der Waals surface area contributed by atoms with Crippen molar-refractivity contribution in [1.82, 2.24) is 4.90 Å². The number of rotatable bonds is 2. The van der Waals surface area contributed by atoms with Gasteiger partial charge in [0, 0.05) is 20.0 Å². The fourth-order valence-corrected chi connectivity index (χ4v) is 2.12. The standard InChI is InChI=1S/C15H17NO2/c1-3-6-15(17)16(2)10-14-9-12-7-4-5-8-13(12)11-18-14/h4-5,7-8,14H,9-11H2,1-2H3. The van der Waals surface area contributed by atoms with Crippen molar-refractivity contribution in [3.8, 4) is 11.8 Å². The summed E-state index contributed by atoms with van der Waals surface area (Å²) in [4.78, 5) is 13.2. The molecule has 94 valence electrons. The highest BCUT2D eigenvalue weighted by Crippen LogP contribution is 2.20. The fourth-order valence-electron chi connectivity index (χ4n) is 2.12. The van der Waals surface area contributed by atoms with Gasteiger partial charge in [-0.15, -0.1) is 0 Å². The van der Waals surface area contributed by atoms with Crippen LogP contribution in [0.15, 0.2) is 24.3 Å². The van der Waals surface area contributed by atoms with Crippen molar-refractivity contribution in [3.63, 3.8) is 0 Å². The van der Waals surface area contributed by atoms with Crippen LogP contribution >= 0.6 is 0 Å². The van der Waals surface area contributed by atoms with E-state index >= 15 is 0 Å². The normalized spacial score (nSPS) is 17.3. The molecule has 1 aliphatic heterocycles. The van der Waals surface area contributed by atoms with Crippen molar-refractivity contribution < 1.29 is 9.53 Å². The first-order chi connectivity index (χ1) is 8.70. The molecule has 1 amide bonds. The predicted octanol–water partition coefficient (Wildman–Crippen LogP) is 1.61. The van der Waals surface area contributed by atoms with Gasteiger partial charge in [-0.1, -0.05) is 30.2 Å². The third-order valence-electron chi connectivity index (χ3n) is 3.10. The maximum absolute atomic E-state index is 11.6. The van der Waals surface area contributed by atoms with E-state index in [1.165, 1.54) is 11.1 Å². The number of likely N-dealkylation sites (N-methyl/N-ethyl adjacent to an activating group) is 1. The van der Waals surface area contributed by atoms with E-state index in [0.717, 1.165) is 6.42 Å². The van der Waals surface area contributed by atoms with E-state index in [1.54, 1.807) is 18.9 Å². The molecule has 1 aliphatic rings. The minimum Gasteiger partial charge on any atom is -0.371 e. The summed E-state index contributed by atoms with van der Waals surface area (Å²) in [7, 11) is 1.76. The quantitative estimate of drug-likeness (QED) is 0.739. The van der Waals surface area contributed by atoms with E-state index in [9.17, 15) is 4.79 Å². The van der Waals surface area contributed by atoms with E-state index in [1.807, 2.05) is 12.1 Å². The Morgan fingerprint density at radius 2 is 2.17 bits per heavy atom. The average Bonchev–Trinajstić information content (AvgIpc) is 2.39. The van der Waals surface area contributed by atoms with E-state index in [-0.39, 0.29) is 12.0 Å². The molecule has 0 spiro atoms. The first kappa shape index (κ1) is 12.7. The van der Waals surface area contributed by atoms with Gasteiger partial charge in [-0.25, -0.2) is 0 Å². The molecule has 0 aliphatic carbocycles. The summed E-state index contributed by atoms with van der Waals surface area (Å²) in [6.45, 7) is 2.88. The van der Waals surface area contributed by atoms with Crippen molar-refractivity contribution in [2.45, 2.75) is 26.1 Å². The Morgan fingerprint density at radius 1 is 1.44 bits per heavy atom. The Hall–Kier alpha value is -1.79. The molecule has 3 heteroatoms. The molecule has 1 aromatic carbocycles.